The number of rotatable bonds is 8. The van der Waals surface area contributed by atoms with Gasteiger partial charge >= 0.3 is 0 Å². The Morgan fingerprint density at radius 1 is 1.36 bits per heavy atom. The number of aliphatic hydroxyl groups is 1. The molecule has 0 aliphatic carbocycles. The lowest BCUT2D eigenvalue weighted by Crippen LogP contribution is -2.44. The van der Waals surface area contributed by atoms with Crippen molar-refractivity contribution >= 4 is 5.91 Å². The summed E-state index contributed by atoms with van der Waals surface area (Å²) in [5, 5.41) is 13.2. The second kappa shape index (κ2) is 9.78. The van der Waals surface area contributed by atoms with Crippen molar-refractivity contribution in [3.63, 3.8) is 0 Å². The van der Waals surface area contributed by atoms with Gasteiger partial charge in [-0.05, 0) is 63.4 Å². The number of β-amino-alcohol motifs (C(OH)–C–C–N with tert-alkyl or cyclic N) is 1. The van der Waals surface area contributed by atoms with Gasteiger partial charge in [-0.15, -0.1) is 0 Å². The minimum atomic E-state index is -0.523. The van der Waals surface area contributed by atoms with Crippen LogP contribution in [0.3, 0.4) is 0 Å². The molecule has 2 N–H and O–H groups in total. The first-order valence-electron chi connectivity index (χ1n) is 9.37. The summed E-state index contributed by atoms with van der Waals surface area (Å²) < 4.78 is 5.78. The molecule has 0 spiro atoms. The van der Waals surface area contributed by atoms with Crippen molar-refractivity contribution in [3.8, 4) is 5.75 Å². The third-order valence-electron chi connectivity index (χ3n) is 4.75. The van der Waals surface area contributed by atoms with E-state index in [9.17, 15) is 9.90 Å². The predicted molar refractivity (Wildman–Crippen MR) is 99.9 cm³/mol. The number of nitrogens with one attached hydrogen (secondary N) is 1. The Bertz CT molecular complexity index is 554. The molecule has 140 valence electrons. The topological polar surface area (TPSA) is 61.8 Å². The van der Waals surface area contributed by atoms with Crippen molar-refractivity contribution in [1.82, 2.24) is 10.2 Å². The molecule has 1 aliphatic rings. The summed E-state index contributed by atoms with van der Waals surface area (Å²) in [4.78, 5) is 14.2. The van der Waals surface area contributed by atoms with E-state index in [0.29, 0.717) is 13.2 Å². The Morgan fingerprint density at radius 2 is 2.08 bits per heavy atom. The number of hydrogen-bond acceptors (Lipinski definition) is 4. The zero-order valence-corrected chi connectivity index (χ0v) is 15.8. The number of likely N-dealkylation sites (tertiary alicyclic amines) is 1. The van der Waals surface area contributed by atoms with E-state index < -0.39 is 6.10 Å². The number of carbonyl (C=O) groups is 1. The van der Waals surface area contributed by atoms with Gasteiger partial charge in [-0.25, -0.2) is 0 Å². The lowest BCUT2D eigenvalue weighted by Gasteiger charge is -2.32. The van der Waals surface area contributed by atoms with Crippen LogP contribution in [0.15, 0.2) is 18.2 Å². The normalized spacial score (nSPS) is 17.3. The smallest absolute Gasteiger partial charge is 0.223 e. The first kappa shape index (κ1) is 19.7. The third-order valence-corrected chi connectivity index (χ3v) is 4.75. The van der Waals surface area contributed by atoms with E-state index in [2.05, 4.69) is 23.2 Å². The molecule has 1 aliphatic heterocycles. The van der Waals surface area contributed by atoms with Crippen LogP contribution in [0.5, 0.6) is 5.75 Å². The van der Waals surface area contributed by atoms with E-state index >= 15 is 0 Å². The van der Waals surface area contributed by atoms with Gasteiger partial charge in [0.05, 0.1) is 0 Å². The van der Waals surface area contributed by atoms with Gasteiger partial charge in [0, 0.05) is 19.0 Å². The summed E-state index contributed by atoms with van der Waals surface area (Å²) in [6.07, 6.45) is 2.17. The van der Waals surface area contributed by atoms with Crippen molar-refractivity contribution in [2.24, 2.45) is 5.92 Å². The molecule has 1 atom stereocenters. The summed E-state index contributed by atoms with van der Waals surface area (Å²) >= 11 is 0. The van der Waals surface area contributed by atoms with Crippen LogP contribution in [0.1, 0.15) is 37.3 Å². The second-order valence-corrected chi connectivity index (χ2v) is 7.10. The van der Waals surface area contributed by atoms with E-state index in [0.717, 1.165) is 55.8 Å². The molecule has 0 radical (unpaired) electrons. The number of aryl methyl sites for hydroxylation is 2. The van der Waals surface area contributed by atoms with Crippen molar-refractivity contribution < 1.29 is 14.6 Å². The monoisotopic (exact) mass is 348 g/mol. The molecule has 25 heavy (non-hydrogen) atoms. The standard InChI is InChI=1S/C20H32N2O3/c1-4-9-21-20(24)17-7-10-22(11-8-17)13-18(23)14-25-19-12-15(2)5-6-16(19)3/h5-6,12,17-18,23H,4,7-11,13-14H2,1-3H3,(H,21,24). The maximum atomic E-state index is 12.0. The Balaban J connectivity index is 1.70. The van der Waals surface area contributed by atoms with Crippen LogP contribution < -0.4 is 10.1 Å². The second-order valence-electron chi connectivity index (χ2n) is 7.10. The fourth-order valence-electron chi connectivity index (χ4n) is 3.17. The summed E-state index contributed by atoms with van der Waals surface area (Å²) in [5.41, 5.74) is 2.23. The lowest BCUT2D eigenvalue weighted by molar-refractivity contribution is -0.126. The largest absolute Gasteiger partial charge is 0.491 e. The number of ether oxygens (including phenoxy) is 1. The summed E-state index contributed by atoms with van der Waals surface area (Å²) in [7, 11) is 0. The fourth-order valence-corrected chi connectivity index (χ4v) is 3.17. The molecule has 1 heterocycles. The molecule has 1 aromatic carbocycles. The lowest BCUT2D eigenvalue weighted by atomic mass is 9.95. The molecule has 5 nitrogen and oxygen atoms in total. The fraction of sp³-hybridized carbons (Fsp3) is 0.650. The first-order valence-corrected chi connectivity index (χ1v) is 9.37. The van der Waals surface area contributed by atoms with Crippen molar-refractivity contribution in [2.75, 3.05) is 32.8 Å². The van der Waals surface area contributed by atoms with E-state index in [4.69, 9.17) is 4.74 Å². The van der Waals surface area contributed by atoms with Gasteiger partial charge in [-0.3, -0.25) is 4.79 Å². The van der Waals surface area contributed by atoms with Crippen LogP contribution >= 0.6 is 0 Å². The van der Waals surface area contributed by atoms with Gasteiger partial charge in [0.15, 0.2) is 0 Å². The number of hydrogen-bond donors (Lipinski definition) is 2. The number of amides is 1. The molecule has 1 fully saturated rings. The van der Waals surface area contributed by atoms with Crippen molar-refractivity contribution in [1.29, 1.82) is 0 Å². The van der Waals surface area contributed by atoms with Gasteiger partial charge in [0.2, 0.25) is 5.91 Å². The molecule has 5 heteroatoms. The molecule has 1 amide bonds. The Hall–Kier alpha value is -1.59. The number of nitrogens with zero attached hydrogens (tertiary/aromatic N) is 1. The van der Waals surface area contributed by atoms with Crippen LogP contribution in [0.25, 0.3) is 0 Å². The van der Waals surface area contributed by atoms with Crippen LogP contribution in [0.4, 0.5) is 0 Å². The molecule has 1 aromatic rings. The molecule has 0 bridgehead atoms. The van der Waals surface area contributed by atoms with Crippen LogP contribution in [0, 0.1) is 19.8 Å². The van der Waals surface area contributed by atoms with E-state index in [1.165, 1.54) is 0 Å². The Labute approximate surface area is 151 Å². The molecule has 1 saturated heterocycles. The van der Waals surface area contributed by atoms with Crippen LogP contribution in [0.2, 0.25) is 0 Å². The van der Waals surface area contributed by atoms with Crippen LogP contribution in [-0.2, 0) is 4.79 Å². The molecule has 1 unspecified atom stereocenters. The molecule has 0 saturated carbocycles. The highest BCUT2D eigenvalue weighted by molar-refractivity contribution is 5.78. The molecule has 2 rings (SSSR count). The first-order chi connectivity index (χ1) is 12.0. The van der Waals surface area contributed by atoms with Gasteiger partial charge in [0.25, 0.3) is 0 Å². The number of aliphatic hydroxyl groups excluding tert-OH is 1. The highest BCUT2D eigenvalue weighted by Gasteiger charge is 2.25. The quantitative estimate of drug-likeness (QED) is 0.757. The molecular formula is C20H32N2O3. The van der Waals surface area contributed by atoms with Gasteiger partial charge in [-0.1, -0.05) is 19.1 Å². The highest BCUT2D eigenvalue weighted by Crippen LogP contribution is 2.20. The minimum Gasteiger partial charge on any atom is -0.491 e. The SMILES string of the molecule is CCCNC(=O)C1CCN(CC(O)COc2cc(C)ccc2C)CC1. The maximum absolute atomic E-state index is 12.0. The molecule has 0 aromatic heterocycles. The third kappa shape index (κ3) is 6.33. The minimum absolute atomic E-state index is 0.117. The van der Waals surface area contributed by atoms with Gasteiger partial charge < -0.3 is 20.1 Å². The summed E-state index contributed by atoms with van der Waals surface area (Å²) in [6, 6.07) is 6.09. The molecular weight excluding hydrogens is 316 g/mol. The van der Waals surface area contributed by atoms with Gasteiger partial charge in [-0.2, -0.15) is 0 Å². The van der Waals surface area contributed by atoms with E-state index in [1.54, 1.807) is 0 Å². The highest BCUT2D eigenvalue weighted by atomic mass is 16.5. The Kier molecular flexibility index (Phi) is 7.72. The average Bonchev–Trinajstić information content (AvgIpc) is 2.61. The maximum Gasteiger partial charge on any atom is 0.223 e. The zero-order valence-electron chi connectivity index (χ0n) is 15.8. The predicted octanol–water partition coefficient (Wildman–Crippen LogP) is 2.28. The van der Waals surface area contributed by atoms with Crippen molar-refractivity contribution in [3.05, 3.63) is 29.3 Å². The summed E-state index contributed by atoms with van der Waals surface area (Å²) in [6.45, 7) is 9.45. The number of benzene rings is 1. The Morgan fingerprint density at radius 3 is 2.76 bits per heavy atom. The average molecular weight is 348 g/mol. The van der Waals surface area contributed by atoms with Crippen LogP contribution in [-0.4, -0.2) is 54.8 Å². The zero-order chi connectivity index (χ0) is 18.2. The van der Waals surface area contributed by atoms with Gasteiger partial charge in [0.1, 0.15) is 18.5 Å². The van der Waals surface area contributed by atoms with E-state index in [-0.39, 0.29) is 11.8 Å². The van der Waals surface area contributed by atoms with Crippen molar-refractivity contribution in [2.45, 2.75) is 46.1 Å². The number of carbonyl (C=O) groups excluding carboxylic acids is 1. The van der Waals surface area contributed by atoms with E-state index in [1.807, 2.05) is 26.0 Å². The number of piperidine rings is 1. The summed E-state index contributed by atoms with van der Waals surface area (Å²) in [5.74, 6) is 1.14.